The number of carbonyl (C=O) groups is 2. The van der Waals surface area contributed by atoms with Gasteiger partial charge in [0.1, 0.15) is 9.48 Å². The highest BCUT2D eigenvalue weighted by Gasteiger charge is 2.21. The van der Waals surface area contributed by atoms with Crippen LogP contribution in [0.15, 0.2) is 4.60 Å². The van der Waals surface area contributed by atoms with Crippen LogP contribution in [0.2, 0.25) is 0 Å². The Bertz CT molecular complexity index is 722. The first-order valence-corrected chi connectivity index (χ1v) is 7.52. The highest BCUT2D eigenvalue weighted by molar-refractivity contribution is 9.10. The summed E-state index contributed by atoms with van der Waals surface area (Å²) in [6, 6.07) is 0. The minimum absolute atomic E-state index is 0.336. The van der Waals surface area contributed by atoms with Crippen LogP contribution in [0.5, 0.6) is 0 Å². The van der Waals surface area contributed by atoms with Gasteiger partial charge in [-0.25, -0.2) is 9.78 Å². The maximum absolute atomic E-state index is 12.3. The first-order valence-electron chi connectivity index (χ1n) is 5.91. The van der Waals surface area contributed by atoms with E-state index < -0.39 is 5.97 Å². The van der Waals surface area contributed by atoms with E-state index in [-0.39, 0.29) is 5.91 Å². The van der Waals surface area contributed by atoms with Crippen LogP contribution in [0.3, 0.4) is 0 Å². The number of hydrogen-bond donors (Lipinski definition) is 1. The smallest absolute Gasteiger partial charge is 0.350 e. The van der Waals surface area contributed by atoms with Crippen molar-refractivity contribution < 1.29 is 14.3 Å². The second-order valence-corrected chi connectivity index (χ2v) is 6.00. The monoisotopic (exact) mass is 372 g/mol. The van der Waals surface area contributed by atoms with Gasteiger partial charge in [-0.15, -0.1) is 0 Å². The molecule has 2 rings (SSSR count). The third kappa shape index (κ3) is 2.98. The topological polar surface area (TPSA) is 86.1 Å². The lowest BCUT2D eigenvalue weighted by molar-refractivity contribution is 0.0605. The second kappa shape index (κ2) is 5.94. The van der Waals surface area contributed by atoms with Gasteiger partial charge in [-0.2, -0.15) is 5.10 Å². The quantitative estimate of drug-likeness (QED) is 0.835. The van der Waals surface area contributed by atoms with E-state index in [2.05, 4.69) is 36.1 Å². The van der Waals surface area contributed by atoms with Gasteiger partial charge in [0.05, 0.1) is 24.1 Å². The molecule has 0 unspecified atom stereocenters. The van der Waals surface area contributed by atoms with Gasteiger partial charge in [0.2, 0.25) is 0 Å². The Hall–Kier alpha value is -1.74. The molecule has 0 saturated carbocycles. The van der Waals surface area contributed by atoms with E-state index in [0.29, 0.717) is 31.6 Å². The van der Waals surface area contributed by atoms with Crippen molar-refractivity contribution in [1.82, 2.24) is 14.8 Å². The molecule has 0 atom stereocenters. The fraction of sp³-hybridized carbons (Fsp3) is 0.333. The SMILES string of the molecule is COC(=O)c1sc(NC(=O)c2c(C)nn(C)c2Br)nc1C. The first-order chi connectivity index (χ1) is 9.85. The van der Waals surface area contributed by atoms with Crippen molar-refractivity contribution in [2.24, 2.45) is 7.05 Å². The van der Waals surface area contributed by atoms with Crippen molar-refractivity contribution in [2.45, 2.75) is 13.8 Å². The summed E-state index contributed by atoms with van der Waals surface area (Å²) in [6.45, 7) is 3.43. The second-order valence-electron chi connectivity index (χ2n) is 4.25. The molecule has 0 bridgehead atoms. The molecular formula is C12H13BrN4O3S. The van der Waals surface area contributed by atoms with Crippen LogP contribution in [0.25, 0.3) is 0 Å². The molecule has 2 aromatic rings. The van der Waals surface area contributed by atoms with Gasteiger partial charge in [0, 0.05) is 7.05 Å². The lowest BCUT2D eigenvalue weighted by Gasteiger charge is -2.01. The fourth-order valence-electron chi connectivity index (χ4n) is 1.78. The van der Waals surface area contributed by atoms with Crippen LogP contribution in [-0.4, -0.2) is 33.8 Å². The maximum atomic E-state index is 12.3. The van der Waals surface area contributed by atoms with Crippen molar-refractivity contribution in [3.63, 3.8) is 0 Å². The molecule has 0 saturated heterocycles. The number of ether oxygens (including phenoxy) is 1. The van der Waals surface area contributed by atoms with Gasteiger partial charge in [0.25, 0.3) is 5.91 Å². The van der Waals surface area contributed by atoms with Crippen LogP contribution in [0.4, 0.5) is 5.13 Å². The Morgan fingerprint density at radius 1 is 1.33 bits per heavy atom. The first kappa shape index (κ1) is 15.6. The zero-order valence-corrected chi connectivity index (χ0v) is 14.3. The highest BCUT2D eigenvalue weighted by Crippen LogP contribution is 2.25. The Labute approximate surface area is 133 Å². The summed E-state index contributed by atoms with van der Waals surface area (Å²) in [5.74, 6) is -0.804. The summed E-state index contributed by atoms with van der Waals surface area (Å²) in [4.78, 5) is 28.3. The van der Waals surface area contributed by atoms with E-state index in [1.54, 1.807) is 25.6 Å². The van der Waals surface area contributed by atoms with Crippen molar-refractivity contribution in [1.29, 1.82) is 0 Å². The number of aromatic nitrogens is 3. The number of amides is 1. The molecule has 0 fully saturated rings. The number of halogens is 1. The molecule has 0 aliphatic rings. The molecule has 0 spiro atoms. The van der Waals surface area contributed by atoms with Crippen molar-refractivity contribution in [2.75, 3.05) is 12.4 Å². The number of aryl methyl sites for hydroxylation is 3. The van der Waals surface area contributed by atoms with Crippen LogP contribution in [-0.2, 0) is 11.8 Å². The van der Waals surface area contributed by atoms with Crippen LogP contribution >= 0.6 is 27.3 Å². The minimum Gasteiger partial charge on any atom is -0.465 e. The number of carbonyl (C=O) groups excluding carboxylic acids is 2. The third-order valence-electron chi connectivity index (χ3n) is 2.77. The zero-order chi connectivity index (χ0) is 15.7. The molecule has 7 nitrogen and oxygen atoms in total. The summed E-state index contributed by atoms with van der Waals surface area (Å²) in [5, 5.41) is 7.17. The molecule has 0 aliphatic carbocycles. The lowest BCUT2D eigenvalue weighted by Crippen LogP contribution is -2.13. The number of nitrogens with zero attached hydrogens (tertiary/aromatic N) is 3. The zero-order valence-electron chi connectivity index (χ0n) is 11.9. The molecular weight excluding hydrogens is 360 g/mol. The summed E-state index contributed by atoms with van der Waals surface area (Å²) in [7, 11) is 3.03. The molecule has 21 heavy (non-hydrogen) atoms. The summed E-state index contributed by atoms with van der Waals surface area (Å²) >= 11 is 4.39. The van der Waals surface area contributed by atoms with Crippen molar-refractivity contribution in [3.05, 3.63) is 26.4 Å². The van der Waals surface area contributed by atoms with E-state index in [4.69, 9.17) is 0 Å². The molecule has 0 aromatic carbocycles. The maximum Gasteiger partial charge on any atom is 0.350 e. The molecule has 1 N–H and O–H groups in total. The normalized spacial score (nSPS) is 10.5. The van der Waals surface area contributed by atoms with Gasteiger partial charge in [-0.1, -0.05) is 11.3 Å². The Morgan fingerprint density at radius 2 is 2.00 bits per heavy atom. The molecule has 0 radical (unpaired) electrons. The number of anilines is 1. The van der Waals surface area contributed by atoms with Gasteiger partial charge >= 0.3 is 5.97 Å². The number of rotatable bonds is 3. The number of esters is 1. The highest BCUT2D eigenvalue weighted by atomic mass is 79.9. The average Bonchev–Trinajstić information content (AvgIpc) is 2.89. The number of thiazole rings is 1. The molecule has 9 heteroatoms. The summed E-state index contributed by atoms with van der Waals surface area (Å²) < 4.78 is 6.81. The predicted octanol–water partition coefficient (Wildman–Crippen LogP) is 2.29. The molecule has 0 aliphatic heterocycles. The van der Waals surface area contributed by atoms with E-state index in [1.807, 2.05) is 0 Å². The molecule has 1 amide bonds. The molecule has 2 heterocycles. The van der Waals surface area contributed by atoms with Gasteiger partial charge < -0.3 is 4.74 Å². The molecule has 2 aromatic heterocycles. The minimum atomic E-state index is -0.468. The number of methoxy groups -OCH3 is 1. The van der Waals surface area contributed by atoms with E-state index in [0.717, 1.165) is 11.3 Å². The fourth-order valence-corrected chi connectivity index (χ4v) is 3.21. The van der Waals surface area contributed by atoms with E-state index >= 15 is 0 Å². The van der Waals surface area contributed by atoms with Crippen LogP contribution in [0.1, 0.15) is 31.4 Å². The van der Waals surface area contributed by atoms with Gasteiger partial charge in [0.15, 0.2) is 5.13 Å². The molecule has 112 valence electrons. The van der Waals surface area contributed by atoms with E-state index in [1.165, 1.54) is 7.11 Å². The summed E-state index contributed by atoms with van der Waals surface area (Å²) in [6.07, 6.45) is 0. The van der Waals surface area contributed by atoms with Crippen LogP contribution in [0, 0.1) is 13.8 Å². The van der Waals surface area contributed by atoms with Crippen LogP contribution < -0.4 is 5.32 Å². The Morgan fingerprint density at radius 3 is 2.52 bits per heavy atom. The predicted molar refractivity (Wildman–Crippen MR) is 81.8 cm³/mol. The number of nitrogens with one attached hydrogen (secondary N) is 1. The Kier molecular flexibility index (Phi) is 4.43. The van der Waals surface area contributed by atoms with Gasteiger partial charge in [-0.3, -0.25) is 14.8 Å². The largest absolute Gasteiger partial charge is 0.465 e. The third-order valence-corrected chi connectivity index (χ3v) is 4.73. The van der Waals surface area contributed by atoms with Gasteiger partial charge in [-0.05, 0) is 29.8 Å². The standard InChI is InChI=1S/C12H13BrN4O3S/c1-5-7(9(13)17(3)16-5)10(18)15-12-14-6(2)8(21-12)11(19)20-4/h1-4H3,(H,14,15,18). The Balaban J connectivity index is 2.26. The van der Waals surface area contributed by atoms with E-state index in [9.17, 15) is 9.59 Å². The average molecular weight is 373 g/mol. The van der Waals surface area contributed by atoms with Crippen molar-refractivity contribution in [3.8, 4) is 0 Å². The lowest BCUT2D eigenvalue weighted by atomic mass is 10.2. The van der Waals surface area contributed by atoms with Crippen molar-refractivity contribution >= 4 is 44.3 Å². The number of hydrogen-bond acceptors (Lipinski definition) is 6. The summed E-state index contributed by atoms with van der Waals surface area (Å²) in [5.41, 5.74) is 1.55.